The number of benzene rings is 8. The summed E-state index contributed by atoms with van der Waals surface area (Å²) in [6.07, 6.45) is 0. The number of thiophene rings is 2. The van der Waals surface area contributed by atoms with E-state index in [1.807, 2.05) is 46.9 Å². The molecular weight excluding hydrogens is 687 g/mol. The Morgan fingerprint density at radius 3 is 1.60 bits per heavy atom. The Hall–Kier alpha value is -6.40. The van der Waals surface area contributed by atoms with Crippen LogP contribution in [0.1, 0.15) is 0 Å². The fraction of sp³-hybridized carbons (Fsp3) is 0. The Balaban J connectivity index is 1.04. The molecule has 0 fully saturated rings. The van der Waals surface area contributed by atoms with Crippen molar-refractivity contribution < 1.29 is 8.83 Å². The van der Waals surface area contributed by atoms with Crippen molar-refractivity contribution in [3.8, 4) is 11.1 Å². The highest BCUT2D eigenvalue weighted by Gasteiger charge is 2.20. The first-order chi connectivity index (χ1) is 26.2. The van der Waals surface area contributed by atoms with Crippen LogP contribution in [0.3, 0.4) is 0 Å². The summed E-state index contributed by atoms with van der Waals surface area (Å²) in [6.45, 7) is 0. The summed E-state index contributed by atoms with van der Waals surface area (Å²) in [6, 6.07) is 58.6. The van der Waals surface area contributed by atoms with Gasteiger partial charge in [0.2, 0.25) is 0 Å². The average molecular weight is 714 g/mol. The van der Waals surface area contributed by atoms with Crippen LogP contribution in [0.2, 0.25) is 0 Å². The van der Waals surface area contributed by atoms with E-state index in [4.69, 9.17) is 8.83 Å². The predicted molar refractivity (Wildman–Crippen MR) is 227 cm³/mol. The van der Waals surface area contributed by atoms with Crippen molar-refractivity contribution in [3.63, 3.8) is 0 Å². The van der Waals surface area contributed by atoms with Crippen LogP contribution in [0.15, 0.2) is 173 Å². The van der Waals surface area contributed by atoms with Crippen LogP contribution in [0.25, 0.3) is 95.3 Å². The maximum Gasteiger partial charge on any atom is 0.137 e. The van der Waals surface area contributed by atoms with Gasteiger partial charge in [-0.2, -0.15) is 0 Å². The molecule has 0 bridgehead atoms. The zero-order valence-electron chi connectivity index (χ0n) is 28.2. The molecule has 4 aromatic heterocycles. The van der Waals surface area contributed by atoms with E-state index in [0.717, 1.165) is 60.9 Å². The van der Waals surface area contributed by atoms with Gasteiger partial charge in [0.1, 0.15) is 22.3 Å². The summed E-state index contributed by atoms with van der Waals surface area (Å²) in [5, 5.41) is 9.82. The van der Waals surface area contributed by atoms with E-state index in [9.17, 15) is 0 Å². The van der Waals surface area contributed by atoms with E-state index in [2.05, 4.69) is 144 Å². The van der Waals surface area contributed by atoms with E-state index in [-0.39, 0.29) is 0 Å². The Kier molecular flexibility index (Phi) is 6.09. The van der Waals surface area contributed by atoms with E-state index < -0.39 is 0 Å². The predicted octanol–water partition coefficient (Wildman–Crippen LogP) is 15.4. The lowest BCUT2D eigenvalue weighted by Gasteiger charge is -2.25. The van der Waals surface area contributed by atoms with Gasteiger partial charge < -0.3 is 13.7 Å². The van der Waals surface area contributed by atoms with E-state index in [1.165, 1.54) is 51.5 Å². The summed E-state index contributed by atoms with van der Waals surface area (Å²) in [5.74, 6) is 0. The van der Waals surface area contributed by atoms with Crippen LogP contribution >= 0.6 is 22.7 Å². The van der Waals surface area contributed by atoms with Crippen LogP contribution in [0, 0.1) is 0 Å². The Morgan fingerprint density at radius 2 is 0.906 bits per heavy atom. The molecule has 12 rings (SSSR count). The number of rotatable bonds is 4. The van der Waals surface area contributed by atoms with Crippen LogP contribution in [-0.4, -0.2) is 0 Å². The number of hydrogen-bond acceptors (Lipinski definition) is 5. The summed E-state index contributed by atoms with van der Waals surface area (Å²) in [4.78, 5) is 2.30. The molecule has 0 spiro atoms. The molecule has 53 heavy (non-hydrogen) atoms. The lowest BCUT2D eigenvalue weighted by molar-refractivity contribution is 0.669. The Morgan fingerprint density at radius 1 is 0.358 bits per heavy atom. The van der Waals surface area contributed by atoms with Gasteiger partial charge in [0.25, 0.3) is 0 Å². The van der Waals surface area contributed by atoms with E-state index in [0.29, 0.717) is 0 Å². The lowest BCUT2D eigenvalue weighted by Crippen LogP contribution is -2.09. The third-order valence-electron chi connectivity index (χ3n) is 10.7. The average Bonchev–Trinajstić information content (AvgIpc) is 3.97. The molecule has 0 unspecified atom stereocenters. The first-order valence-electron chi connectivity index (χ1n) is 17.7. The molecule has 0 saturated carbocycles. The van der Waals surface area contributed by atoms with Crippen molar-refractivity contribution in [1.29, 1.82) is 0 Å². The van der Waals surface area contributed by atoms with Crippen LogP contribution < -0.4 is 4.90 Å². The van der Waals surface area contributed by atoms with Crippen molar-refractivity contribution in [2.45, 2.75) is 0 Å². The molecule has 0 N–H and O–H groups in total. The van der Waals surface area contributed by atoms with Crippen LogP contribution in [0.5, 0.6) is 0 Å². The number of fused-ring (bicyclic) bond motifs is 13. The molecule has 3 nitrogen and oxygen atoms in total. The fourth-order valence-corrected chi connectivity index (χ4v) is 10.7. The number of anilines is 3. The minimum Gasteiger partial charge on any atom is -0.456 e. The lowest BCUT2D eigenvalue weighted by atomic mass is 9.98. The molecule has 8 aromatic carbocycles. The van der Waals surface area contributed by atoms with Crippen molar-refractivity contribution in [2.24, 2.45) is 0 Å². The van der Waals surface area contributed by atoms with Gasteiger partial charge in [0, 0.05) is 91.1 Å². The van der Waals surface area contributed by atoms with Gasteiger partial charge in [-0.15, -0.1) is 22.7 Å². The van der Waals surface area contributed by atoms with Crippen LogP contribution in [-0.2, 0) is 0 Å². The number of nitrogens with zero attached hydrogens (tertiary/aromatic N) is 1. The molecule has 0 saturated heterocycles. The fourth-order valence-electron chi connectivity index (χ4n) is 8.27. The van der Waals surface area contributed by atoms with Gasteiger partial charge in [-0.25, -0.2) is 0 Å². The third kappa shape index (κ3) is 4.32. The molecule has 0 aliphatic rings. The Labute approximate surface area is 311 Å². The normalized spacial score (nSPS) is 12.2. The minimum atomic E-state index is 0.860. The molecule has 0 aliphatic carbocycles. The van der Waals surface area contributed by atoms with Crippen LogP contribution in [0.4, 0.5) is 17.1 Å². The summed E-state index contributed by atoms with van der Waals surface area (Å²) < 4.78 is 18.1. The zero-order chi connectivity index (χ0) is 34.6. The maximum absolute atomic E-state index is 6.38. The molecule has 0 atom stereocenters. The standard InChI is InChI=1S/C48H27NO2S2/c1-4-12-39-33(8-1)35-22-20-30(26-41(35)50-39)49(31-21-23-36-34-9-2-5-13-40(34)51-42(36)27-31)29-18-16-28(17-19-29)32-11-7-15-44-46(32)47-45(52-44)25-24-38-37-10-3-6-14-43(37)53-48(38)47/h1-27H. The van der Waals surface area contributed by atoms with Gasteiger partial charge in [-0.3, -0.25) is 0 Å². The van der Waals surface area contributed by atoms with Crippen molar-refractivity contribution >= 4 is 124 Å². The smallest absolute Gasteiger partial charge is 0.137 e. The highest BCUT2D eigenvalue weighted by molar-refractivity contribution is 7.29. The summed E-state index contributed by atoms with van der Waals surface area (Å²) in [7, 11) is 0. The summed E-state index contributed by atoms with van der Waals surface area (Å²) >= 11 is 3.79. The first-order valence-corrected chi connectivity index (χ1v) is 19.4. The quantitative estimate of drug-likeness (QED) is 0.182. The van der Waals surface area contributed by atoms with Crippen molar-refractivity contribution in [1.82, 2.24) is 0 Å². The van der Waals surface area contributed by atoms with E-state index >= 15 is 0 Å². The topological polar surface area (TPSA) is 29.5 Å². The molecule has 0 amide bonds. The van der Waals surface area contributed by atoms with Gasteiger partial charge in [-0.1, -0.05) is 84.9 Å². The molecule has 5 heteroatoms. The molecule has 12 aromatic rings. The molecule has 248 valence electrons. The highest BCUT2D eigenvalue weighted by atomic mass is 32.1. The maximum atomic E-state index is 6.38. The van der Waals surface area contributed by atoms with E-state index in [1.54, 1.807) is 0 Å². The molecular formula is C48H27NO2S2. The van der Waals surface area contributed by atoms with Crippen molar-refractivity contribution in [3.05, 3.63) is 164 Å². The highest BCUT2D eigenvalue weighted by Crippen LogP contribution is 2.48. The number of furan rings is 2. The van der Waals surface area contributed by atoms with Gasteiger partial charge in [0.05, 0.1) is 0 Å². The first kappa shape index (κ1) is 29.2. The SMILES string of the molecule is c1ccc2c(c1)oc1cc(N(c3ccc(-c4cccc5sc6ccc7c8ccccc8sc7c6c45)cc3)c3ccc4c(c3)oc3ccccc34)ccc12. The zero-order valence-corrected chi connectivity index (χ0v) is 29.8. The minimum absolute atomic E-state index is 0.860. The van der Waals surface area contributed by atoms with Gasteiger partial charge in [-0.05, 0) is 77.9 Å². The second-order valence-corrected chi connectivity index (χ2v) is 15.8. The number of para-hydroxylation sites is 2. The van der Waals surface area contributed by atoms with Gasteiger partial charge >= 0.3 is 0 Å². The monoisotopic (exact) mass is 713 g/mol. The largest absolute Gasteiger partial charge is 0.456 e. The molecule has 0 radical (unpaired) electrons. The number of hydrogen-bond donors (Lipinski definition) is 0. The summed E-state index contributed by atoms with van der Waals surface area (Å²) in [5.41, 5.74) is 9.02. The molecule has 0 aliphatic heterocycles. The molecule has 4 heterocycles. The van der Waals surface area contributed by atoms with Crippen molar-refractivity contribution in [2.75, 3.05) is 4.90 Å². The second kappa shape index (κ2) is 11.1. The van der Waals surface area contributed by atoms with Gasteiger partial charge in [0.15, 0.2) is 0 Å². The third-order valence-corrected chi connectivity index (χ3v) is 13.0. The second-order valence-electron chi connectivity index (χ2n) is 13.6. The Bertz CT molecular complexity index is 3300.